The Balaban J connectivity index is 1.64. The minimum absolute atomic E-state index is 0.161. The molecule has 2 N–H and O–H groups in total. The first-order valence-electron chi connectivity index (χ1n) is 8.02. The highest BCUT2D eigenvalue weighted by Crippen LogP contribution is 2.34. The zero-order valence-electron chi connectivity index (χ0n) is 13.6. The molecular formula is C18H19ClF3N3. The van der Waals surface area contributed by atoms with E-state index in [9.17, 15) is 13.2 Å². The van der Waals surface area contributed by atoms with Crippen LogP contribution >= 0.6 is 11.6 Å². The molecule has 1 fully saturated rings. The van der Waals surface area contributed by atoms with Crippen molar-refractivity contribution in [1.29, 1.82) is 0 Å². The second kappa shape index (κ2) is 7.14. The molecule has 1 heterocycles. The Bertz CT molecular complexity index is 741. The van der Waals surface area contributed by atoms with Crippen molar-refractivity contribution in [1.82, 2.24) is 4.90 Å². The van der Waals surface area contributed by atoms with Crippen LogP contribution in [0.4, 0.5) is 24.5 Å². The van der Waals surface area contributed by atoms with Gasteiger partial charge in [0.25, 0.3) is 0 Å². The molecule has 2 aromatic rings. The molecule has 7 heteroatoms. The van der Waals surface area contributed by atoms with Crippen molar-refractivity contribution >= 4 is 23.0 Å². The Labute approximate surface area is 149 Å². The summed E-state index contributed by atoms with van der Waals surface area (Å²) < 4.78 is 38.2. The van der Waals surface area contributed by atoms with E-state index < -0.39 is 11.7 Å². The van der Waals surface area contributed by atoms with Gasteiger partial charge in [-0.25, -0.2) is 0 Å². The Hall–Kier alpha value is -1.92. The van der Waals surface area contributed by atoms with Crippen molar-refractivity contribution in [3.8, 4) is 0 Å². The molecule has 3 nitrogen and oxygen atoms in total. The van der Waals surface area contributed by atoms with E-state index >= 15 is 0 Å². The van der Waals surface area contributed by atoms with Crippen LogP contribution in [0.1, 0.15) is 11.1 Å². The van der Waals surface area contributed by atoms with Crippen LogP contribution in [0.2, 0.25) is 5.02 Å². The number of nitrogens with two attached hydrogens (primary N) is 1. The molecule has 0 bridgehead atoms. The van der Waals surface area contributed by atoms with E-state index in [1.165, 1.54) is 6.07 Å². The van der Waals surface area contributed by atoms with Crippen molar-refractivity contribution < 1.29 is 13.2 Å². The number of halogens is 4. The van der Waals surface area contributed by atoms with Crippen LogP contribution in [0.15, 0.2) is 42.5 Å². The molecule has 134 valence electrons. The summed E-state index contributed by atoms with van der Waals surface area (Å²) in [6, 6.07) is 11.3. The van der Waals surface area contributed by atoms with Crippen LogP contribution in [0.3, 0.4) is 0 Å². The Morgan fingerprint density at radius 1 is 1.00 bits per heavy atom. The summed E-state index contributed by atoms with van der Waals surface area (Å²) in [7, 11) is 0. The highest BCUT2D eigenvalue weighted by molar-refractivity contribution is 6.31. The van der Waals surface area contributed by atoms with E-state index in [0.717, 1.165) is 42.4 Å². The average Bonchev–Trinajstić information content (AvgIpc) is 2.57. The molecular weight excluding hydrogens is 351 g/mol. The van der Waals surface area contributed by atoms with Crippen LogP contribution < -0.4 is 10.6 Å². The van der Waals surface area contributed by atoms with Crippen molar-refractivity contribution in [2.45, 2.75) is 12.7 Å². The number of rotatable bonds is 3. The van der Waals surface area contributed by atoms with Crippen molar-refractivity contribution in [2.75, 3.05) is 36.8 Å². The number of benzene rings is 2. The third kappa shape index (κ3) is 4.19. The first kappa shape index (κ1) is 17.9. The fraction of sp³-hybridized carbons (Fsp3) is 0.333. The largest absolute Gasteiger partial charge is 0.416 e. The quantitative estimate of drug-likeness (QED) is 0.820. The van der Waals surface area contributed by atoms with Gasteiger partial charge in [0.05, 0.1) is 16.9 Å². The van der Waals surface area contributed by atoms with Gasteiger partial charge in [-0.05, 0) is 29.8 Å². The smallest absolute Gasteiger partial charge is 0.397 e. The Morgan fingerprint density at radius 2 is 1.68 bits per heavy atom. The van der Waals surface area contributed by atoms with E-state index in [1.54, 1.807) is 0 Å². The maximum Gasteiger partial charge on any atom is 0.416 e. The predicted octanol–water partition coefficient (Wildman–Crippen LogP) is 4.26. The molecule has 25 heavy (non-hydrogen) atoms. The van der Waals surface area contributed by atoms with Gasteiger partial charge in [-0.15, -0.1) is 0 Å². The topological polar surface area (TPSA) is 32.5 Å². The third-order valence-electron chi connectivity index (χ3n) is 4.42. The van der Waals surface area contributed by atoms with Gasteiger partial charge in [0, 0.05) is 37.7 Å². The fourth-order valence-electron chi connectivity index (χ4n) is 3.03. The zero-order chi connectivity index (χ0) is 18.0. The third-order valence-corrected chi connectivity index (χ3v) is 4.79. The minimum Gasteiger partial charge on any atom is -0.397 e. The second-order valence-corrected chi connectivity index (χ2v) is 6.53. The number of nitrogen functional groups attached to an aromatic ring is 1. The van der Waals surface area contributed by atoms with Gasteiger partial charge < -0.3 is 10.6 Å². The fourth-order valence-corrected chi connectivity index (χ4v) is 3.23. The molecule has 0 aromatic heterocycles. The zero-order valence-corrected chi connectivity index (χ0v) is 14.3. The molecule has 0 aliphatic carbocycles. The lowest BCUT2D eigenvalue weighted by molar-refractivity contribution is -0.137. The van der Waals surface area contributed by atoms with Gasteiger partial charge in [-0.2, -0.15) is 13.2 Å². The monoisotopic (exact) mass is 369 g/mol. The van der Waals surface area contributed by atoms with Gasteiger partial charge >= 0.3 is 6.18 Å². The predicted molar refractivity (Wildman–Crippen MR) is 94.8 cm³/mol. The van der Waals surface area contributed by atoms with Crippen LogP contribution in [0, 0.1) is 0 Å². The standard InChI is InChI=1S/C18H19ClF3N3/c19-15-4-2-1-3-13(15)12-24-7-9-25(10-8-24)17-6-5-14(11-16(17)23)18(20,21)22/h1-6,11H,7-10,12,23H2. The Morgan fingerprint density at radius 3 is 2.28 bits per heavy atom. The van der Waals surface area contributed by atoms with E-state index in [2.05, 4.69) is 4.90 Å². The lowest BCUT2D eigenvalue weighted by Gasteiger charge is -2.36. The van der Waals surface area contributed by atoms with E-state index in [4.69, 9.17) is 17.3 Å². The van der Waals surface area contributed by atoms with Gasteiger partial charge in [0.1, 0.15) is 0 Å². The summed E-state index contributed by atoms with van der Waals surface area (Å²) in [6.07, 6.45) is -4.37. The molecule has 0 unspecified atom stereocenters. The van der Waals surface area contributed by atoms with Crippen molar-refractivity contribution in [3.63, 3.8) is 0 Å². The molecule has 1 aliphatic heterocycles. The molecule has 0 saturated carbocycles. The summed E-state index contributed by atoms with van der Waals surface area (Å²) in [6.45, 7) is 3.77. The van der Waals surface area contributed by atoms with Crippen LogP contribution in [0.5, 0.6) is 0 Å². The van der Waals surface area contributed by atoms with E-state index in [1.807, 2.05) is 29.2 Å². The number of hydrogen-bond acceptors (Lipinski definition) is 3. The van der Waals surface area contributed by atoms with Crippen LogP contribution in [-0.2, 0) is 12.7 Å². The van der Waals surface area contributed by atoms with Crippen molar-refractivity contribution in [3.05, 3.63) is 58.6 Å². The second-order valence-electron chi connectivity index (χ2n) is 6.13. The number of hydrogen-bond donors (Lipinski definition) is 1. The lowest BCUT2D eigenvalue weighted by atomic mass is 10.1. The van der Waals surface area contributed by atoms with Gasteiger partial charge in [0.15, 0.2) is 0 Å². The molecule has 0 spiro atoms. The van der Waals surface area contributed by atoms with Gasteiger partial charge in [0.2, 0.25) is 0 Å². The van der Waals surface area contributed by atoms with Crippen molar-refractivity contribution in [2.24, 2.45) is 0 Å². The van der Waals surface area contributed by atoms with Gasteiger partial charge in [-0.1, -0.05) is 29.8 Å². The maximum atomic E-state index is 12.7. The maximum absolute atomic E-state index is 12.7. The molecule has 0 radical (unpaired) electrons. The normalized spacial score (nSPS) is 16.2. The molecule has 0 atom stereocenters. The van der Waals surface area contributed by atoms with Crippen LogP contribution in [0.25, 0.3) is 0 Å². The summed E-state index contributed by atoms with van der Waals surface area (Å²) >= 11 is 6.19. The van der Waals surface area contributed by atoms with Gasteiger partial charge in [-0.3, -0.25) is 4.90 Å². The number of anilines is 2. The summed E-state index contributed by atoms with van der Waals surface area (Å²) in [5.41, 5.74) is 7.03. The van der Waals surface area contributed by atoms with E-state index in [-0.39, 0.29) is 5.69 Å². The molecule has 3 rings (SSSR count). The number of piperazine rings is 1. The summed E-state index contributed by atoms with van der Waals surface area (Å²) in [5.74, 6) is 0. The SMILES string of the molecule is Nc1cc(C(F)(F)F)ccc1N1CCN(Cc2ccccc2Cl)CC1. The summed E-state index contributed by atoms with van der Waals surface area (Å²) in [4.78, 5) is 4.30. The summed E-state index contributed by atoms with van der Waals surface area (Å²) in [5, 5.41) is 0.747. The average molecular weight is 370 g/mol. The molecule has 0 amide bonds. The Kier molecular flexibility index (Phi) is 5.11. The molecule has 1 aliphatic rings. The highest BCUT2D eigenvalue weighted by atomic mass is 35.5. The van der Waals surface area contributed by atoms with E-state index in [0.29, 0.717) is 18.8 Å². The molecule has 1 saturated heterocycles. The number of alkyl halides is 3. The van der Waals surface area contributed by atoms with Crippen LogP contribution in [-0.4, -0.2) is 31.1 Å². The lowest BCUT2D eigenvalue weighted by Crippen LogP contribution is -2.46. The number of nitrogens with zero attached hydrogens (tertiary/aromatic N) is 2. The minimum atomic E-state index is -4.37. The molecule has 2 aromatic carbocycles. The first-order valence-corrected chi connectivity index (χ1v) is 8.40. The first-order chi connectivity index (χ1) is 11.8. The highest BCUT2D eigenvalue weighted by Gasteiger charge is 2.31.